The normalized spacial score (nSPS) is 18.2. The highest BCUT2D eigenvalue weighted by molar-refractivity contribution is 5.46. The fourth-order valence-corrected chi connectivity index (χ4v) is 2.12. The number of aryl methyl sites for hydroxylation is 1. The van der Waals surface area contributed by atoms with Crippen molar-refractivity contribution < 1.29 is 4.74 Å². The zero-order valence-electron chi connectivity index (χ0n) is 11.4. The van der Waals surface area contributed by atoms with Gasteiger partial charge in [0.1, 0.15) is 5.75 Å². The third-order valence-corrected chi connectivity index (χ3v) is 3.06. The van der Waals surface area contributed by atoms with Crippen molar-refractivity contribution in [2.45, 2.75) is 47.5 Å². The van der Waals surface area contributed by atoms with E-state index < -0.39 is 0 Å². The van der Waals surface area contributed by atoms with Crippen LogP contribution >= 0.6 is 0 Å². The fraction of sp³-hybridized carbons (Fsp3) is 0.600. The van der Waals surface area contributed by atoms with Crippen LogP contribution in [0.5, 0.6) is 5.75 Å². The van der Waals surface area contributed by atoms with E-state index >= 15 is 0 Å². The first-order valence-corrected chi connectivity index (χ1v) is 6.22. The lowest BCUT2D eigenvalue weighted by atomic mass is 9.77. The summed E-state index contributed by atoms with van der Waals surface area (Å²) >= 11 is 0. The molecule has 0 saturated heterocycles. The van der Waals surface area contributed by atoms with Gasteiger partial charge >= 0.3 is 0 Å². The van der Waals surface area contributed by atoms with Gasteiger partial charge in [-0.25, -0.2) is 0 Å². The fourth-order valence-electron chi connectivity index (χ4n) is 2.12. The van der Waals surface area contributed by atoms with Gasteiger partial charge in [-0.15, -0.1) is 0 Å². The first-order chi connectivity index (χ1) is 7.50. The van der Waals surface area contributed by atoms with Gasteiger partial charge in [-0.3, -0.25) is 0 Å². The third-order valence-electron chi connectivity index (χ3n) is 3.06. The minimum absolute atomic E-state index is 0.291. The Morgan fingerprint density at radius 1 is 1.19 bits per heavy atom. The molecule has 0 saturated carbocycles. The number of benzene rings is 1. The topological polar surface area (TPSA) is 9.23 Å². The first-order valence-electron chi connectivity index (χ1n) is 6.22. The van der Waals surface area contributed by atoms with Gasteiger partial charge in [0.05, 0.1) is 6.61 Å². The Bertz CT molecular complexity index is 347. The van der Waals surface area contributed by atoms with Gasteiger partial charge in [0.2, 0.25) is 0 Å². The molecule has 0 aliphatic carbocycles. The molecule has 1 unspecified atom stereocenters. The second-order valence-corrected chi connectivity index (χ2v) is 5.22. The average molecular weight is 220 g/mol. The van der Waals surface area contributed by atoms with Crippen LogP contribution in [-0.4, -0.2) is 6.61 Å². The molecule has 0 amide bonds. The van der Waals surface area contributed by atoms with Crippen molar-refractivity contribution in [1.82, 2.24) is 0 Å². The molecule has 1 nitrogen and oxygen atoms in total. The van der Waals surface area contributed by atoms with Crippen LogP contribution in [-0.2, 0) is 0 Å². The van der Waals surface area contributed by atoms with E-state index in [1.807, 2.05) is 13.8 Å². The van der Waals surface area contributed by atoms with Crippen LogP contribution in [0, 0.1) is 12.3 Å². The summed E-state index contributed by atoms with van der Waals surface area (Å²) < 4.78 is 5.77. The van der Waals surface area contributed by atoms with Crippen LogP contribution in [0.1, 0.15) is 51.7 Å². The molecule has 0 bridgehead atoms. The largest absolute Gasteiger partial charge is 0.492 e. The predicted octanol–water partition coefficient (Wildman–Crippen LogP) is 4.54. The monoisotopic (exact) mass is 220 g/mol. The van der Waals surface area contributed by atoms with Crippen molar-refractivity contribution in [1.29, 1.82) is 0 Å². The highest BCUT2D eigenvalue weighted by Gasteiger charge is 2.34. The van der Waals surface area contributed by atoms with E-state index in [-0.39, 0.29) is 0 Å². The maximum absolute atomic E-state index is 5.77. The molecule has 1 aromatic rings. The van der Waals surface area contributed by atoms with Gasteiger partial charge in [-0.2, -0.15) is 0 Å². The van der Waals surface area contributed by atoms with E-state index in [0.29, 0.717) is 11.3 Å². The Kier molecular flexibility index (Phi) is 4.01. The van der Waals surface area contributed by atoms with Gasteiger partial charge in [0.25, 0.3) is 0 Å². The summed E-state index contributed by atoms with van der Waals surface area (Å²) in [6, 6.07) is 6.44. The van der Waals surface area contributed by atoms with Crippen molar-refractivity contribution in [2.24, 2.45) is 5.41 Å². The number of hydrogen-bond donors (Lipinski definition) is 0. The Morgan fingerprint density at radius 2 is 1.81 bits per heavy atom. The van der Waals surface area contributed by atoms with E-state index in [0.717, 1.165) is 12.4 Å². The molecule has 0 fully saturated rings. The summed E-state index contributed by atoms with van der Waals surface area (Å²) in [6.45, 7) is 13.8. The van der Waals surface area contributed by atoms with Crippen LogP contribution in [0.4, 0.5) is 0 Å². The van der Waals surface area contributed by atoms with Gasteiger partial charge in [0.15, 0.2) is 0 Å². The number of ether oxygens (including phenoxy) is 1. The van der Waals surface area contributed by atoms with Crippen molar-refractivity contribution in [3.63, 3.8) is 0 Å². The molecular formula is C15H24O. The summed E-state index contributed by atoms with van der Waals surface area (Å²) in [6.07, 6.45) is 0. The van der Waals surface area contributed by atoms with Crippen LogP contribution in [0.15, 0.2) is 18.2 Å². The van der Waals surface area contributed by atoms with E-state index in [1.54, 1.807) is 0 Å². The second kappa shape index (κ2) is 4.90. The van der Waals surface area contributed by atoms with E-state index in [2.05, 4.69) is 45.9 Å². The highest BCUT2D eigenvalue weighted by atomic mass is 16.5. The molecular weight excluding hydrogens is 196 g/mol. The van der Waals surface area contributed by atoms with Crippen molar-refractivity contribution >= 4 is 0 Å². The quantitative estimate of drug-likeness (QED) is 0.623. The van der Waals surface area contributed by atoms with Crippen LogP contribution in [0.3, 0.4) is 0 Å². The Balaban J connectivity index is 0.000000606. The number of fused-ring (bicyclic) bond motifs is 1. The lowest BCUT2D eigenvalue weighted by Gasteiger charge is -2.25. The van der Waals surface area contributed by atoms with Crippen LogP contribution in [0.2, 0.25) is 0 Å². The summed E-state index contributed by atoms with van der Waals surface area (Å²) in [7, 11) is 0. The number of para-hydroxylation sites is 1. The molecule has 1 heterocycles. The summed E-state index contributed by atoms with van der Waals surface area (Å²) in [5.74, 6) is 1.66. The smallest absolute Gasteiger partial charge is 0.125 e. The molecule has 1 aliphatic heterocycles. The van der Waals surface area contributed by atoms with Gasteiger partial charge in [-0.05, 0) is 17.9 Å². The number of hydrogen-bond acceptors (Lipinski definition) is 1. The molecule has 0 aromatic heterocycles. The molecule has 0 spiro atoms. The van der Waals surface area contributed by atoms with Gasteiger partial charge < -0.3 is 4.74 Å². The lowest BCUT2D eigenvalue weighted by molar-refractivity contribution is 0.242. The Labute approximate surface area is 99.8 Å². The van der Waals surface area contributed by atoms with E-state index in [4.69, 9.17) is 4.74 Å². The maximum Gasteiger partial charge on any atom is 0.125 e. The summed E-state index contributed by atoms with van der Waals surface area (Å²) in [5.41, 5.74) is 2.94. The molecule has 90 valence electrons. The van der Waals surface area contributed by atoms with Crippen LogP contribution < -0.4 is 4.74 Å². The standard InChI is InChI=1S/C13H18O.C2H6/c1-9-6-5-7-10-11(13(2,3)4)8-14-12(9)10;1-2/h5-7,11H,8H2,1-4H3;1-2H3. The zero-order chi connectivity index (χ0) is 12.3. The Hall–Kier alpha value is -0.980. The molecule has 0 radical (unpaired) electrons. The van der Waals surface area contributed by atoms with E-state index in [9.17, 15) is 0 Å². The predicted molar refractivity (Wildman–Crippen MR) is 70.2 cm³/mol. The molecule has 1 atom stereocenters. The minimum atomic E-state index is 0.291. The maximum atomic E-state index is 5.77. The van der Waals surface area contributed by atoms with E-state index in [1.165, 1.54) is 11.1 Å². The molecule has 0 N–H and O–H groups in total. The zero-order valence-corrected chi connectivity index (χ0v) is 11.4. The Morgan fingerprint density at radius 3 is 2.38 bits per heavy atom. The number of rotatable bonds is 0. The SMILES string of the molecule is CC.Cc1cccc2c1OCC2C(C)(C)C. The van der Waals surface area contributed by atoms with Gasteiger partial charge in [0, 0.05) is 11.5 Å². The van der Waals surface area contributed by atoms with Crippen molar-refractivity contribution in [3.8, 4) is 5.75 Å². The average Bonchev–Trinajstić information content (AvgIpc) is 2.65. The van der Waals surface area contributed by atoms with Crippen LogP contribution in [0.25, 0.3) is 0 Å². The van der Waals surface area contributed by atoms with Gasteiger partial charge in [-0.1, -0.05) is 52.8 Å². The summed E-state index contributed by atoms with van der Waals surface area (Å²) in [5, 5.41) is 0. The summed E-state index contributed by atoms with van der Waals surface area (Å²) in [4.78, 5) is 0. The highest BCUT2D eigenvalue weighted by Crippen LogP contribution is 2.45. The minimum Gasteiger partial charge on any atom is -0.492 e. The van der Waals surface area contributed by atoms with Crippen molar-refractivity contribution in [3.05, 3.63) is 29.3 Å². The lowest BCUT2D eigenvalue weighted by Crippen LogP contribution is -2.19. The molecule has 2 rings (SSSR count). The second-order valence-electron chi connectivity index (χ2n) is 5.22. The van der Waals surface area contributed by atoms with Crippen molar-refractivity contribution in [2.75, 3.05) is 6.61 Å². The molecule has 1 heteroatoms. The molecule has 1 aliphatic rings. The molecule has 1 aromatic carbocycles. The third kappa shape index (κ3) is 2.40. The first kappa shape index (κ1) is 13.1. The molecule has 16 heavy (non-hydrogen) atoms.